The summed E-state index contributed by atoms with van der Waals surface area (Å²) < 4.78 is 18.3. The van der Waals surface area contributed by atoms with Crippen molar-refractivity contribution in [1.82, 2.24) is 5.32 Å². The van der Waals surface area contributed by atoms with Crippen LogP contribution in [0.2, 0.25) is 5.02 Å². The molecule has 1 aromatic carbocycles. The van der Waals surface area contributed by atoms with E-state index in [0.717, 1.165) is 0 Å². The number of nitrogens with one attached hydrogen (secondary N) is 1. The monoisotopic (exact) mass is 229 g/mol. The third-order valence-electron chi connectivity index (χ3n) is 2.16. The zero-order chi connectivity index (χ0) is 10.8. The standard InChI is InChI=1S/C10H9ClFNO2/c11-7-1-6(2-8(12)3-7)9-4-13-10(14)5-15-9/h1-3,9H,4-5H2,(H,13,14). The molecule has 1 aliphatic rings. The van der Waals surface area contributed by atoms with Crippen LogP contribution in [-0.2, 0) is 9.53 Å². The minimum absolute atomic E-state index is 0.00119. The number of halogens is 2. The van der Waals surface area contributed by atoms with Gasteiger partial charge in [-0.3, -0.25) is 4.79 Å². The number of rotatable bonds is 1. The summed E-state index contributed by atoms with van der Waals surface area (Å²) in [6.07, 6.45) is -0.323. The number of carbonyl (C=O) groups excluding carboxylic acids is 1. The molecule has 80 valence electrons. The maximum absolute atomic E-state index is 13.0. The normalized spacial score (nSPS) is 21.2. The second-order valence-corrected chi connectivity index (χ2v) is 3.74. The molecule has 1 saturated heterocycles. The van der Waals surface area contributed by atoms with Crippen molar-refractivity contribution in [2.24, 2.45) is 0 Å². The molecular weight excluding hydrogens is 221 g/mol. The van der Waals surface area contributed by atoms with Crippen molar-refractivity contribution in [3.63, 3.8) is 0 Å². The molecule has 0 spiro atoms. The van der Waals surface area contributed by atoms with Gasteiger partial charge in [-0.05, 0) is 23.8 Å². The van der Waals surface area contributed by atoms with Gasteiger partial charge in [0.25, 0.3) is 0 Å². The highest BCUT2D eigenvalue weighted by atomic mass is 35.5. The minimum atomic E-state index is -0.405. The van der Waals surface area contributed by atoms with Gasteiger partial charge in [-0.1, -0.05) is 11.6 Å². The highest BCUT2D eigenvalue weighted by molar-refractivity contribution is 6.30. The molecular formula is C10H9ClFNO2. The largest absolute Gasteiger partial charge is 0.362 e. The maximum Gasteiger partial charge on any atom is 0.246 e. The third-order valence-corrected chi connectivity index (χ3v) is 2.38. The predicted molar refractivity (Wildman–Crippen MR) is 53.1 cm³/mol. The summed E-state index contributed by atoms with van der Waals surface area (Å²) in [5, 5.41) is 2.96. The van der Waals surface area contributed by atoms with Gasteiger partial charge < -0.3 is 10.1 Å². The van der Waals surface area contributed by atoms with E-state index in [9.17, 15) is 9.18 Å². The highest BCUT2D eigenvalue weighted by Gasteiger charge is 2.20. The lowest BCUT2D eigenvalue weighted by atomic mass is 10.1. The fourth-order valence-electron chi connectivity index (χ4n) is 1.47. The third kappa shape index (κ3) is 2.46. The Balaban J connectivity index is 2.18. The zero-order valence-corrected chi connectivity index (χ0v) is 8.55. The van der Waals surface area contributed by atoms with Crippen molar-refractivity contribution in [2.75, 3.05) is 13.2 Å². The maximum atomic E-state index is 13.0. The summed E-state index contributed by atoms with van der Waals surface area (Å²) in [4.78, 5) is 10.8. The molecule has 5 heteroatoms. The Kier molecular flexibility index (Phi) is 2.88. The average Bonchev–Trinajstić information content (AvgIpc) is 2.17. The molecule has 0 aliphatic carbocycles. The molecule has 0 radical (unpaired) electrons. The number of carbonyl (C=O) groups is 1. The van der Waals surface area contributed by atoms with Gasteiger partial charge in [-0.25, -0.2) is 4.39 Å². The van der Waals surface area contributed by atoms with Crippen LogP contribution in [0.4, 0.5) is 4.39 Å². The number of benzene rings is 1. The van der Waals surface area contributed by atoms with Gasteiger partial charge in [0.15, 0.2) is 0 Å². The van der Waals surface area contributed by atoms with Crippen molar-refractivity contribution in [2.45, 2.75) is 6.10 Å². The van der Waals surface area contributed by atoms with E-state index in [-0.39, 0.29) is 18.6 Å². The Labute approximate surface area is 91.2 Å². The smallest absolute Gasteiger partial charge is 0.246 e. The van der Waals surface area contributed by atoms with Crippen molar-refractivity contribution in [3.8, 4) is 0 Å². The van der Waals surface area contributed by atoms with Gasteiger partial charge in [-0.2, -0.15) is 0 Å². The predicted octanol–water partition coefficient (Wildman–Crippen LogP) is 1.67. The summed E-state index contributed by atoms with van der Waals surface area (Å²) in [5.41, 5.74) is 0.639. The second kappa shape index (κ2) is 4.16. The van der Waals surface area contributed by atoms with Gasteiger partial charge >= 0.3 is 0 Å². The summed E-state index contributed by atoms with van der Waals surface area (Å²) in [7, 11) is 0. The first-order chi connectivity index (χ1) is 7.15. The zero-order valence-electron chi connectivity index (χ0n) is 7.80. The van der Waals surface area contributed by atoms with Crippen LogP contribution in [0.5, 0.6) is 0 Å². The molecule has 0 bridgehead atoms. The first-order valence-corrected chi connectivity index (χ1v) is 4.87. The van der Waals surface area contributed by atoms with Crippen LogP contribution in [0.15, 0.2) is 18.2 Å². The van der Waals surface area contributed by atoms with Crippen molar-refractivity contribution in [1.29, 1.82) is 0 Å². The van der Waals surface area contributed by atoms with E-state index in [1.165, 1.54) is 12.1 Å². The van der Waals surface area contributed by atoms with Gasteiger partial charge in [-0.15, -0.1) is 0 Å². The van der Waals surface area contributed by atoms with E-state index in [2.05, 4.69) is 5.32 Å². The fourth-order valence-corrected chi connectivity index (χ4v) is 1.70. The summed E-state index contributed by atoms with van der Waals surface area (Å²) in [5.74, 6) is -0.563. The summed E-state index contributed by atoms with van der Waals surface area (Å²) >= 11 is 5.72. The number of hydrogen-bond donors (Lipinski definition) is 1. The van der Waals surface area contributed by atoms with Crippen LogP contribution in [0, 0.1) is 5.82 Å². The van der Waals surface area contributed by atoms with Gasteiger partial charge in [0, 0.05) is 11.6 Å². The van der Waals surface area contributed by atoms with Gasteiger partial charge in [0.05, 0.1) is 0 Å². The van der Waals surface area contributed by atoms with Crippen molar-refractivity contribution < 1.29 is 13.9 Å². The van der Waals surface area contributed by atoms with Crippen LogP contribution in [0.25, 0.3) is 0 Å². The Morgan fingerprint density at radius 1 is 1.47 bits per heavy atom. The minimum Gasteiger partial charge on any atom is -0.362 e. The Bertz CT molecular complexity index is 367. The lowest BCUT2D eigenvalue weighted by Gasteiger charge is -2.23. The molecule has 1 aromatic rings. The SMILES string of the molecule is O=C1COC(c2cc(F)cc(Cl)c2)CN1. The summed E-state index contributed by atoms with van der Waals surface area (Å²) in [6.45, 7) is 0.345. The molecule has 1 fully saturated rings. The molecule has 1 aliphatic heterocycles. The molecule has 1 atom stereocenters. The lowest BCUT2D eigenvalue weighted by Crippen LogP contribution is -2.38. The molecule has 3 nitrogen and oxygen atoms in total. The molecule has 0 aromatic heterocycles. The topological polar surface area (TPSA) is 38.3 Å². The molecule has 1 unspecified atom stereocenters. The average molecular weight is 230 g/mol. The van der Waals surface area contributed by atoms with E-state index in [4.69, 9.17) is 16.3 Å². The van der Waals surface area contributed by atoms with Gasteiger partial charge in [0.2, 0.25) is 5.91 Å². The Morgan fingerprint density at radius 3 is 2.87 bits per heavy atom. The van der Waals surface area contributed by atoms with Crippen LogP contribution >= 0.6 is 11.6 Å². The molecule has 1 N–H and O–H groups in total. The molecule has 0 saturated carbocycles. The van der Waals surface area contributed by atoms with Crippen LogP contribution in [-0.4, -0.2) is 19.1 Å². The molecule has 1 heterocycles. The quantitative estimate of drug-likeness (QED) is 0.796. The van der Waals surface area contributed by atoms with Crippen molar-refractivity contribution >= 4 is 17.5 Å². The van der Waals surface area contributed by atoms with E-state index in [0.29, 0.717) is 17.1 Å². The second-order valence-electron chi connectivity index (χ2n) is 3.31. The van der Waals surface area contributed by atoms with E-state index < -0.39 is 5.82 Å². The van der Waals surface area contributed by atoms with E-state index >= 15 is 0 Å². The molecule has 15 heavy (non-hydrogen) atoms. The molecule has 2 rings (SSSR count). The lowest BCUT2D eigenvalue weighted by molar-refractivity contribution is -0.133. The number of hydrogen-bond acceptors (Lipinski definition) is 2. The first-order valence-electron chi connectivity index (χ1n) is 4.49. The van der Waals surface area contributed by atoms with Gasteiger partial charge in [0.1, 0.15) is 18.5 Å². The van der Waals surface area contributed by atoms with Crippen LogP contribution in [0.1, 0.15) is 11.7 Å². The molecule has 1 amide bonds. The van der Waals surface area contributed by atoms with Crippen molar-refractivity contribution in [3.05, 3.63) is 34.6 Å². The fraction of sp³-hybridized carbons (Fsp3) is 0.300. The Morgan fingerprint density at radius 2 is 2.27 bits per heavy atom. The Hall–Kier alpha value is -1.13. The number of amides is 1. The first kappa shape index (κ1) is 10.4. The summed E-state index contributed by atoms with van der Waals surface area (Å²) in [6, 6.07) is 4.22. The number of ether oxygens (including phenoxy) is 1. The highest BCUT2D eigenvalue weighted by Crippen LogP contribution is 2.23. The number of morpholine rings is 1. The van der Waals surface area contributed by atoms with E-state index in [1.54, 1.807) is 6.07 Å². The van der Waals surface area contributed by atoms with E-state index in [1.807, 2.05) is 0 Å². The van der Waals surface area contributed by atoms with Crippen LogP contribution in [0.3, 0.4) is 0 Å². The van der Waals surface area contributed by atoms with Crippen LogP contribution < -0.4 is 5.32 Å².